The first-order chi connectivity index (χ1) is 12.6. The van der Waals surface area contributed by atoms with Crippen molar-refractivity contribution in [3.63, 3.8) is 0 Å². The number of benzene rings is 1. The molecule has 156 valence electrons. The first-order valence-corrected chi connectivity index (χ1v) is 10.5. The molecule has 3 N–H and O–H groups in total. The van der Waals surface area contributed by atoms with Crippen molar-refractivity contribution in [2.45, 2.75) is 30.9 Å². The molecule has 0 saturated heterocycles. The monoisotopic (exact) mass is 521 g/mol. The molecule has 28 heavy (non-hydrogen) atoms. The third-order valence-corrected chi connectivity index (χ3v) is 5.17. The fourth-order valence-electron chi connectivity index (χ4n) is 2.41. The van der Waals surface area contributed by atoms with Crippen LogP contribution in [0.5, 0.6) is 0 Å². The second-order valence-corrected chi connectivity index (χ2v) is 8.66. The van der Waals surface area contributed by atoms with E-state index in [-0.39, 0.29) is 35.4 Å². The zero-order valence-corrected chi connectivity index (χ0v) is 19.7. The normalized spacial score (nSPS) is 14.1. The number of hydrogen-bond acceptors (Lipinski definition) is 5. The van der Waals surface area contributed by atoms with Crippen molar-refractivity contribution < 1.29 is 13.5 Å². The van der Waals surface area contributed by atoms with Gasteiger partial charge in [-0.25, -0.2) is 13.4 Å². The van der Waals surface area contributed by atoms with Crippen LogP contribution in [0.25, 0.3) is 0 Å². The number of aryl methyl sites for hydroxylation is 1. The maximum Gasteiger partial charge on any atom is 0.191 e. The van der Waals surface area contributed by atoms with Gasteiger partial charge in [0.1, 0.15) is 5.60 Å². The summed E-state index contributed by atoms with van der Waals surface area (Å²) in [5.74, 6) is 0.564. The fourth-order valence-corrected chi connectivity index (χ4v) is 3.04. The predicted molar refractivity (Wildman–Crippen MR) is 121 cm³/mol. The fraction of sp³-hybridized carbons (Fsp3) is 0.444. The summed E-state index contributed by atoms with van der Waals surface area (Å²) >= 11 is 0. The lowest BCUT2D eigenvalue weighted by Crippen LogP contribution is -2.44. The molecule has 2 aromatic rings. The van der Waals surface area contributed by atoms with Gasteiger partial charge in [-0.3, -0.25) is 4.68 Å². The van der Waals surface area contributed by atoms with Gasteiger partial charge in [0, 0.05) is 31.6 Å². The second kappa shape index (κ2) is 10.2. The first kappa shape index (κ1) is 24.4. The molecule has 0 saturated carbocycles. The van der Waals surface area contributed by atoms with Crippen molar-refractivity contribution in [3.05, 3.63) is 47.8 Å². The van der Waals surface area contributed by atoms with Crippen LogP contribution in [0.1, 0.15) is 25.0 Å². The maximum absolute atomic E-state index is 11.5. The molecule has 0 aliphatic carbocycles. The van der Waals surface area contributed by atoms with Gasteiger partial charge >= 0.3 is 0 Å². The molecule has 1 aromatic carbocycles. The lowest BCUT2D eigenvalue weighted by atomic mass is 10.00. The van der Waals surface area contributed by atoms with E-state index in [9.17, 15) is 13.5 Å². The summed E-state index contributed by atoms with van der Waals surface area (Å²) in [6.45, 7) is 4.99. The Morgan fingerprint density at radius 2 is 1.93 bits per heavy atom. The van der Waals surface area contributed by atoms with E-state index in [2.05, 4.69) is 20.7 Å². The van der Waals surface area contributed by atoms with Gasteiger partial charge in [0.2, 0.25) is 0 Å². The Balaban J connectivity index is 0.00000392. The summed E-state index contributed by atoms with van der Waals surface area (Å²) in [5, 5.41) is 21.0. The Kier molecular flexibility index (Phi) is 8.89. The van der Waals surface area contributed by atoms with Crippen molar-refractivity contribution >= 4 is 39.8 Å². The van der Waals surface area contributed by atoms with Crippen LogP contribution in [0.2, 0.25) is 0 Å². The molecular weight excluding hydrogens is 493 g/mol. The van der Waals surface area contributed by atoms with Gasteiger partial charge in [-0.2, -0.15) is 5.10 Å². The maximum atomic E-state index is 11.5. The summed E-state index contributed by atoms with van der Waals surface area (Å²) < 4.78 is 24.7. The van der Waals surface area contributed by atoms with Gasteiger partial charge in [0.25, 0.3) is 0 Å². The summed E-state index contributed by atoms with van der Waals surface area (Å²) in [6, 6.07) is 6.64. The van der Waals surface area contributed by atoms with Crippen LogP contribution in [-0.4, -0.2) is 48.6 Å². The standard InChI is InChI=1S/C18H27N5O3S.HI/c1-5-19-17(21-13-18(2,24)15-11-22-23(3)12-15)20-10-14-6-8-16(9-7-14)27(4,25)26;/h6-9,11-12,24H,5,10,13H2,1-4H3,(H2,19,20,21);1H. The van der Waals surface area contributed by atoms with E-state index in [0.29, 0.717) is 24.6 Å². The highest BCUT2D eigenvalue weighted by Gasteiger charge is 2.24. The number of nitrogens with one attached hydrogen (secondary N) is 2. The van der Waals surface area contributed by atoms with E-state index in [1.54, 1.807) is 55.3 Å². The number of aliphatic hydroxyl groups is 1. The largest absolute Gasteiger partial charge is 0.383 e. The number of aromatic nitrogens is 2. The van der Waals surface area contributed by atoms with Crippen LogP contribution < -0.4 is 10.6 Å². The minimum Gasteiger partial charge on any atom is -0.383 e. The summed E-state index contributed by atoms with van der Waals surface area (Å²) in [7, 11) is -1.41. The van der Waals surface area contributed by atoms with Crippen LogP contribution in [-0.2, 0) is 29.0 Å². The highest BCUT2D eigenvalue weighted by Crippen LogP contribution is 2.18. The van der Waals surface area contributed by atoms with Gasteiger partial charge in [0.15, 0.2) is 15.8 Å². The molecule has 0 fully saturated rings. The highest BCUT2D eigenvalue weighted by atomic mass is 127. The number of sulfone groups is 1. The van der Waals surface area contributed by atoms with Crippen molar-refractivity contribution in [2.75, 3.05) is 19.3 Å². The predicted octanol–water partition coefficient (Wildman–Crippen LogP) is 1.40. The molecule has 1 unspecified atom stereocenters. The number of guanidine groups is 1. The van der Waals surface area contributed by atoms with Gasteiger partial charge in [-0.15, -0.1) is 24.0 Å². The summed E-state index contributed by atoms with van der Waals surface area (Å²) in [6.07, 6.45) is 4.59. The highest BCUT2D eigenvalue weighted by molar-refractivity contribution is 14.0. The minimum atomic E-state index is -3.20. The molecule has 10 heteroatoms. The molecule has 0 aliphatic heterocycles. The molecule has 1 atom stereocenters. The van der Waals surface area contributed by atoms with Gasteiger partial charge in [0.05, 0.1) is 24.2 Å². The molecular formula is C18H28IN5O3S. The first-order valence-electron chi connectivity index (χ1n) is 8.64. The molecule has 8 nitrogen and oxygen atoms in total. The Bertz CT molecular complexity index is 892. The van der Waals surface area contributed by atoms with Gasteiger partial charge in [-0.05, 0) is 31.5 Å². The van der Waals surface area contributed by atoms with Gasteiger partial charge < -0.3 is 15.7 Å². The lowest BCUT2D eigenvalue weighted by Gasteiger charge is -2.23. The minimum absolute atomic E-state index is 0. The third kappa shape index (κ3) is 7.06. The van der Waals surface area contributed by atoms with E-state index in [1.807, 2.05) is 6.92 Å². The average molecular weight is 521 g/mol. The van der Waals surface area contributed by atoms with E-state index >= 15 is 0 Å². The van der Waals surface area contributed by atoms with E-state index in [0.717, 1.165) is 5.56 Å². The van der Waals surface area contributed by atoms with Crippen LogP contribution in [0.4, 0.5) is 0 Å². The topological polar surface area (TPSA) is 109 Å². The number of halogens is 1. The Hall–Kier alpha value is -1.66. The van der Waals surface area contributed by atoms with Crippen molar-refractivity contribution in [1.82, 2.24) is 20.4 Å². The molecule has 0 spiro atoms. The lowest BCUT2D eigenvalue weighted by molar-refractivity contribution is 0.0616. The smallest absolute Gasteiger partial charge is 0.191 e. The number of aliphatic imine (C=N–C) groups is 1. The van der Waals surface area contributed by atoms with E-state index < -0.39 is 15.4 Å². The quantitative estimate of drug-likeness (QED) is 0.289. The van der Waals surface area contributed by atoms with Crippen molar-refractivity contribution in [3.8, 4) is 0 Å². The molecule has 0 amide bonds. The molecule has 1 heterocycles. The molecule has 2 rings (SSSR count). The number of rotatable bonds is 7. The number of hydrogen-bond donors (Lipinski definition) is 3. The molecule has 0 aliphatic rings. The van der Waals surface area contributed by atoms with Gasteiger partial charge in [-0.1, -0.05) is 12.1 Å². The Morgan fingerprint density at radius 1 is 1.29 bits per heavy atom. The average Bonchev–Trinajstić information content (AvgIpc) is 3.04. The zero-order valence-electron chi connectivity index (χ0n) is 16.5. The molecule has 0 radical (unpaired) electrons. The molecule has 1 aromatic heterocycles. The van der Waals surface area contributed by atoms with Crippen LogP contribution in [0, 0.1) is 0 Å². The van der Waals surface area contributed by atoms with Crippen molar-refractivity contribution in [1.29, 1.82) is 0 Å². The van der Waals surface area contributed by atoms with Crippen molar-refractivity contribution in [2.24, 2.45) is 12.0 Å². The Morgan fingerprint density at radius 3 is 2.43 bits per heavy atom. The number of nitrogens with zero attached hydrogens (tertiary/aromatic N) is 3. The summed E-state index contributed by atoms with van der Waals surface area (Å²) in [5.41, 5.74) is 0.505. The second-order valence-electron chi connectivity index (χ2n) is 6.64. The van der Waals surface area contributed by atoms with Crippen LogP contribution in [0.15, 0.2) is 46.5 Å². The molecule has 0 bridgehead atoms. The van der Waals surface area contributed by atoms with E-state index in [4.69, 9.17) is 0 Å². The van der Waals surface area contributed by atoms with Crippen LogP contribution >= 0.6 is 24.0 Å². The third-order valence-electron chi connectivity index (χ3n) is 4.04. The zero-order chi connectivity index (χ0) is 20.1. The van der Waals surface area contributed by atoms with E-state index in [1.165, 1.54) is 6.26 Å². The SMILES string of the molecule is CCNC(=NCc1ccc(S(C)(=O)=O)cc1)NCC(C)(O)c1cnn(C)c1.I. The van der Waals surface area contributed by atoms with Crippen LogP contribution in [0.3, 0.4) is 0 Å². The summed E-state index contributed by atoms with van der Waals surface area (Å²) in [4.78, 5) is 4.78. The Labute approximate surface area is 183 Å².